The van der Waals surface area contributed by atoms with Crippen LogP contribution in [0.1, 0.15) is 10.4 Å². The van der Waals surface area contributed by atoms with E-state index in [1.54, 1.807) is 10.9 Å². The summed E-state index contributed by atoms with van der Waals surface area (Å²) < 4.78 is 2.76. The second kappa shape index (κ2) is 9.72. The van der Waals surface area contributed by atoms with Crippen LogP contribution in [0.5, 0.6) is 0 Å². The summed E-state index contributed by atoms with van der Waals surface area (Å²) in [6, 6.07) is 28.0. The number of aromatic nitrogens is 2. The Morgan fingerprint density at radius 2 is 1.41 bits per heavy atom. The first-order valence-electron chi connectivity index (χ1n) is 8.99. The summed E-state index contributed by atoms with van der Waals surface area (Å²) in [6.45, 7) is 0.266. The molecule has 0 bridgehead atoms. The number of carbonyl (C=O) groups excluding carboxylic acids is 1. The van der Waals surface area contributed by atoms with Gasteiger partial charge >= 0.3 is 0 Å². The maximum Gasteiger partial charge on any atom is 0.287 e. The molecule has 0 unspecified atom stereocenters. The molecular formula is C24H18Br2N2O. The molecule has 0 aliphatic rings. The van der Waals surface area contributed by atoms with Crippen LogP contribution in [0.3, 0.4) is 0 Å². The van der Waals surface area contributed by atoms with Gasteiger partial charge in [0.05, 0.1) is 6.20 Å². The van der Waals surface area contributed by atoms with Gasteiger partial charge in [0.15, 0.2) is 12.2 Å². The summed E-state index contributed by atoms with van der Waals surface area (Å²) >= 11 is 3.38. The topological polar surface area (TPSA) is 33.8 Å². The largest absolute Gasteiger partial charge is 1.00 e. The Morgan fingerprint density at radius 3 is 2.03 bits per heavy atom. The number of Topliss-reactive ketones (excluding diaryl/α,β-unsaturated/α-hetero) is 1. The SMILES string of the molecule is O=C(C[n+]1ccc(-c2ccc(-c3ccccc3)cc2)nc1)c1ccc(Br)cc1.[Br-]. The van der Waals surface area contributed by atoms with E-state index in [-0.39, 0.29) is 29.3 Å². The van der Waals surface area contributed by atoms with Crippen LogP contribution in [0.15, 0.2) is 102 Å². The Labute approximate surface area is 189 Å². The number of rotatable bonds is 5. The number of nitrogens with zero attached hydrogens (tertiary/aromatic N) is 2. The molecule has 1 heterocycles. The van der Waals surface area contributed by atoms with Crippen LogP contribution < -0.4 is 21.5 Å². The van der Waals surface area contributed by atoms with Crippen molar-refractivity contribution in [3.63, 3.8) is 0 Å². The summed E-state index contributed by atoms with van der Waals surface area (Å²) in [5, 5.41) is 0. The van der Waals surface area contributed by atoms with Gasteiger partial charge in [0.1, 0.15) is 0 Å². The minimum atomic E-state index is 0. The van der Waals surface area contributed by atoms with Gasteiger partial charge in [0, 0.05) is 21.7 Å². The van der Waals surface area contributed by atoms with Crippen molar-refractivity contribution in [1.82, 2.24) is 4.98 Å². The van der Waals surface area contributed by atoms with Crippen molar-refractivity contribution in [3.05, 3.63) is 107 Å². The van der Waals surface area contributed by atoms with E-state index in [9.17, 15) is 4.79 Å². The third-order valence-corrected chi connectivity index (χ3v) is 5.08. The lowest BCUT2D eigenvalue weighted by Crippen LogP contribution is -3.00. The van der Waals surface area contributed by atoms with Gasteiger partial charge in [-0.2, -0.15) is 0 Å². The van der Waals surface area contributed by atoms with E-state index in [4.69, 9.17) is 0 Å². The number of halogens is 2. The Balaban J connectivity index is 0.00000240. The number of benzene rings is 3. The molecule has 1 aromatic heterocycles. The minimum absolute atomic E-state index is 0. The molecule has 0 aliphatic heterocycles. The molecule has 4 aromatic rings. The molecule has 0 amide bonds. The van der Waals surface area contributed by atoms with Crippen molar-refractivity contribution < 1.29 is 26.3 Å². The lowest BCUT2D eigenvalue weighted by molar-refractivity contribution is -0.686. The van der Waals surface area contributed by atoms with Crippen LogP contribution in [0.2, 0.25) is 0 Å². The van der Waals surface area contributed by atoms with E-state index < -0.39 is 0 Å². The monoisotopic (exact) mass is 508 g/mol. The Kier molecular flexibility index (Phi) is 7.07. The van der Waals surface area contributed by atoms with Gasteiger partial charge in [0.25, 0.3) is 6.33 Å². The third-order valence-electron chi connectivity index (χ3n) is 4.55. The van der Waals surface area contributed by atoms with Crippen LogP contribution in [-0.4, -0.2) is 10.8 Å². The van der Waals surface area contributed by atoms with E-state index in [2.05, 4.69) is 57.3 Å². The van der Waals surface area contributed by atoms with Crippen molar-refractivity contribution in [3.8, 4) is 22.4 Å². The first-order chi connectivity index (χ1) is 13.7. The minimum Gasteiger partial charge on any atom is -1.00 e. The van der Waals surface area contributed by atoms with Crippen LogP contribution in [-0.2, 0) is 6.54 Å². The number of carbonyl (C=O) groups is 1. The highest BCUT2D eigenvalue weighted by Gasteiger charge is 2.12. The van der Waals surface area contributed by atoms with Gasteiger partial charge in [-0.05, 0) is 40.4 Å². The van der Waals surface area contributed by atoms with Crippen molar-refractivity contribution in [1.29, 1.82) is 0 Å². The maximum absolute atomic E-state index is 12.4. The summed E-state index contributed by atoms with van der Waals surface area (Å²) in [6.07, 6.45) is 3.60. The Hall–Kier alpha value is -2.63. The Morgan fingerprint density at radius 1 is 0.793 bits per heavy atom. The van der Waals surface area contributed by atoms with Crippen LogP contribution >= 0.6 is 15.9 Å². The van der Waals surface area contributed by atoms with Gasteiger partial charge < -0.3 is 17.0 Å². The highest BCUT2D eigenvalue weighted by atomic mass is 79.9. The first-order valence-corrected chi connectivity index (χ1v) is 9.78. The van der Waals surface area contributed by atoms with Crippen molar-refractivity contribution in [2.75, 3.05) is 0 Å². The van der Waals surface area contributed by atoms with Gasteiger partial charge in [-0.3, -0.25) is 4.79 Å². The van der Waals surface area contributed by atoms with Crippen molar-refractivity contribution >= 4 is 21.7 Å². The van der Waals surface area contributed by atoms with Gasteiger partial charge in [-0.1, -0.05) is 70.5 Å². The van der Waals surface area contributed by atoms with E-state index in [1.165, 1.54) is 11.1 Å². The zero-order valence-corrected chi connectivity index (χ0v) is 18.7. The number of hydrogen-bond donors (Lipinski definition) is 0. The quantitative estimate of drug-likeness (QED) is 0.306. The lowest BCUT2D eigenvalue weighted by Gasteiger charge is -2.03. The molecule has 0 saturated heterocycles. The molecule has 3 nitrogen and oxygen atoms in total. The molecule has 0 atom stereocenters. The first kappa shape index (κ1) is 21.1. The van der Waals surface area contributed by atoms with Gasteiger partial charge in [0.2, 0.25) is 5.78 Å². The van der Waals surface area contributed by atoms with Crippen molar-refractivity contribution in [2.45, 2.75) is 6.54 Å². The summed E-state index contributed by atoms with van der Waals surface area (Å²) in [5.74, 6) is 0.0549. The fraction of sp³-hybridized carbons (Fsp3) is 0.0417. The lowest BCUT2D eigenvalue weighted by atomic mass is 10.0. The van der Waals surface area contributed by atoms with Crippen LogP contribution in [0.4, 0.5) is 0 Å². The summed E-state index contributed by atoms with van der Waals surface area (Å²) in [7, 11) is 0. The van der Waals surface area contributed by atoms with E-state index in [1.807, 2.05) is 54.7 Å². The fourth-order valence-electron chi connectivity index (χ4n) is 3.01. The van der Waals surface area contributed by atoms with E-state index in [0.29, 0.717) is 5.56 Å². The molecule has 0 aliphatic carbocycles. The highest BCUT2D eigenvalue weighted by molar-refractivity contribution is 9.10. The summed E-state index contributed by atoms with van der Waals surface area (Å²) in [5.41, 5.74) is 4.99. The highest BCUT2D eigenvalue weighted by Crippen LogP contribution is 2.23. The molecule has 0 saturated carbocycles. The molecule has 4 rings (SSSR count). The van der Waals surface area contributed by atoms with Gasteiger partial charge in [-0.15, -0.1) is 0 Å². The van der Waals surface area contributed by atoms with E-state index >= 15 is 0 Å². The Bertz CT molecular complexity index is 1080. The molecule has 0 N–H and O–H groups in total. The normalized spacial score (nSPS) is 10.2. The summed E-state index contributed by atoms with van der Waals surface area (Å²) in [4.78, 5) is 16.9. The van der Waals surface area contributed by atoms with E-state index in [0.717, 1.165) is 15.7 Å². The molecule has 0 fully saturated rings. The average Bonchev–Trinajstić information content (AvgIpc) is 2.75. The van der Waals surface area contributed by atoms with Crippen LogP contribution in [0.25, 0.3) is 22.4 Å². The van der Waals surface area contributed by atoms with Crippen molar-refractivity contribution in [2.24, 2.45) is 0 Å². The number of hydrogen-bond acceptors (Lipinski definition) is 2. The molecular weight excluding hydrogens is 492 g/mol. The zero-order chi connectivity index (χ0) is 19.3. The fourth-order valence-corrected chi connectivity index (χ4v) is 3.27. The maximum atomic E-state index is 12.4. The molecule has 5 heteroatoms. The number of ketones is 1. The smallest absolute Gasteiger partial charge is 0.287 e. The average molecular weight is 510 g/mol. The zero-order valence-electron chi connectivity index (χ0n) is 15.5. The van der Waals surface area contributed by atoms with Crippen LogP contribution in [0, 0.1) is 0 Å². The standard InChI is InChI=1S/C24H18BrN2O.BrH/c25-22-12-10-21(11-13-22)24(28)16-27-15-14-23(26-17-27)20-8-6-19(7-9-20)18-4-2-1-3-5-18;/h1-15,17H,16H2;1H/q+1;/p-1. The molecule has 29 heavy (non-hydrogen) atoms. The second-order valence-electron chi connectivity index (χ2n) is 6.49. The predicted molar refractivity (Wildman–Crippen MR) is 114 cm³/mol. The predicted octanol–water partition coefficient (Wildman–Crippen LogP) is 2.35. The molecule has 0 spiro atoms. The third kappa shape index (κ3) is 5.25. The van der Waals surface area contributed by atoms with Gasteiger partial charge in [-0.25, -0.2) is 4.57 Å². The molecule has 0 radical (unpaired) electrons. The molecule has 144 valence electrons. The molecule has 3 aromatic carbocycles. The second-order valence-corrected chi connectivity index (χ2v) is 7.41.